The quantitative estimate of drug-likeness (QED) is 0.875. The number of hydrogen-bond donors (Lipinski definition) is 1. The number of aliphatic hydroxyl groups is 1. The first kappa shape index (κ1) is 16.4. The maximum atomic E-state index is 13.0. The van der Waals surface area contributed by atoms with Gasteiger partial charge >= 0.3 is 6.18 Å². The Morgan fingerprint density at radius 3 is 2.68 bits per heavy atom. The fraction of sp³-hybridized carbons (Fsp3) is 0.400. The number of aryl methyl sites for hydroxylation is 1. The van der Waals surface area contributed by atoms with E-state index in [0.29, 0.717) is 22.9 Å². The summed E-state index contributed by atoms with van der Waals surface area (Å²) in [7, 11) is 0. The standard InChI is InChI=1S/C15H16F3N3O/c1-3-7-14(22,15(16,17)18)9-20-12-5-4-6-13-11(12)8-19-10(2)21-13/h4-6,8-9,22H,3,7H2,1-2H3. The summed E-state index contributed by atoms with van der Waals surface area (Å²) >= 11 is 0. The Bertz CT molecular complexity index is 700. The van der Waals surface area contributed by atoms with E-state index in [4.69, 9.17) is 0 Å². The second-order valence-corrected chi connectivity index (χ2v) is 5.06. The zero-order chi connectivity index (χ0) is 16.4. The van der Waals surface area contributed by atoms with Gasteiger partial charge in [0.25, 0.3) is 0 Å². The van der Waals surface area contributed by atoms with Gasteiger partial charge in [-0.3, -0.25) is 4.99 Å². The molecular formula is C15H16F3N3O. The summed E-state index contributed by atoms with van der Waals surface area (Å²) in [6, 6.07) is 4.93. The number of nitrogens with zero attached hydrogens (tertiary/aromatic N) is 3. The van der Waals surface area contributed by atoms with Crippen molar-refractivity contribution in [1.29, 1.82) is 0 Å². The lowest BCUT2D eigenvalue weighted by molar-refractivity contribution is -0.230. The molecule has 1 aromatic carbocycles. The SMILES string of the molecule is CCCC(O)(C=Nc1cccc2nc(C)ncc12)C(F)(F)F. The van der Waals surface area contributed by atoms with Gasteiger partial charge in [-0.1, -0.05) is 19.4 Å². The Hall–Kier alpha value is -2.02. The number of hydrogen-bond acceptors (Lipinski definition) is 4. The first-order valence-electron chi connectivity index (χ1n) is 6.83. The van der Waals surface area contributed by atoms with Gasteiger partial charge in [-0.2, -0.15) is 13.2 Å². The van der Waals surface area contributed by atoms with Gasteiger partial charge in [-0.25, -0.2) is 9.97 Å². The van der Waals surface area contributed by atoms with Crippen molar-refractivity contribution in [3.05, 3.63) is 30.2 Å². The van der Waals surface area contributed by atoms with E-state index in [1.807, 2.05) is 0 Å². The number of benzene rings is 1. The lowest BCUT2D eigenvalue weighted by Crippen LogP contribution is -2.46. The molecule has 2 aromatic rings. The first-order chi connectivity index (χ1) is 10.3. The van der Waals surface area contributed by atoms with Crippen LogP contribution in [0.2, 0.25) is 0 Å². The van der Waals surface area contributed by atoms with Crippen LogP contribution in [0.4, 0.5) is 18.9 Å². The highest BCUT2D eigenvalue weighted by Crippen LogP contribution is 2.34. The van der Waals surface area contributed by atoms with Gasteiger partial charge < -0.3 is 5.11 Å². The summed E-state index contributed by atoms with van der Waals surface area (Å²) < 4.78 is 39.0. The fourth-order valence-corrected chi connectivity index (χ4v) is 2.08. The lowest BCUT2D eigenvalue weighted by Gasteiger charge is -2.26. The molecule has 0 aliphatic rings. The molecule has 1 aromatic heterocycles. The summed E-state index contributed by atoms with van der Waals surface area (Å²) in [5.74, 6) is 0.561. The second kappa shape index (κ2) is 6.00. The molecule has 2 rings (SSSR count). The first-order valence-corrected chi connectivity index (χ1v) is 6.83. The molecule has 0 saturated heterocycles. The van der Waals surface area contributed by atoms with Crippen molar-refractivity contribution in [3.8, 4) is 0 Å². The number of aliphatic imine (C=N–C) groups is 1. The maximum absolute atomic E-state index is 13.0. The summed E-state index contributed by atoms with van der Waals surface area (Å²) in [5, 5.41) is 10.4. The number of halogens is 3. The summed E-state index contributed by atoms with van der Waals surface area (Å²) in [6.07, 6.45) is -2.97. The van der Waals surface area contributed by atoms with Crippen molar-refractivity contribution < 1.29 is 18.3 Å². The van der Waals surface area contributed by atoms with Crippen molar-refractivity contribution >= 4 is 22.8 Å². The molecule has 4 nitrogen and oxygen atoms in total. The van der Waals surface area contributed by atoms with Crippen molar-refractivity contribution in [2.45, 2.75) is 38.5 Å². The molecule has 7 heteroatoms. The Labute approximate surface area is 125 Å². The zero-order valence-electron chi connectivity index (χ0n) is 12.2. The highest BCUT2D eigenvalue weighted by Gasteiger charge is 2.51. The van der Waals surface area contributed by atoms with Crippen molar-refractivity contribution in [2.75, 3.05) is 0 Å². The van der Waals surface area contributed by atoms with Crippen LogP contribution < -0.4 is 0 Å². The van der Waals surface area contributed by atoms with Crippen LogP contribution in [0.25, 0.3) is 10.9 Å². The van der Waals surface area contributed by atoms with Crippen molar-refractivity contribution in [1.82, 2.24) is 9.97 Å². The van der Waals surface area contributed by atoms with E-state index in [-0.39, 0.29) is 12.1 Å². The van der Waals surface area contributed by atoms with E-state index < -0.39 is 18.2 Å². The largest absolute Gasteiger partial charge is 0.422 e. The lowest BCUT2D eigenvalue weighted by atomic mass is 9.99. The van der Waals surface area contributed by atoms with Crippen molar-refractivity contribution in [2.24, 2.45) is 4.99 Å². The van der Waals surface area contributed by atoms with Crippen LogP contribution >= 0.6 is 0 Å². The van der Waals surface area contributed by atoms with E-state index in [1.54, 1.807) is 32.0 Å². The molecule has 1 unspecified atom stereocenters. The minimum absolute atomic E-state index is 0.180. The van der Waals surface area contributed by atoms with Gasteiger partial charge in [-0.15, -0.1) is 0 Å². The highest BCUT2D eigenvalue weighted by molar-refractivity contribution is 5.91. The Kier molecular flexibility index (Phi) is 4.46. The molecule has 0 aliphatic carbocycles. The molecule has 0 aliphatic heterocycles. The zero-order valence-corrected chi connectivity index (χ0v) is 12.2. The topological polar surface area (TPSA) is 58.4 Å². The molecule has 118 valence electrons. The van der Waals surface area contributed by atoms with Crippen LogP contribution in [0.15, 0.2) is 29.4 Å². The molecule has 1 atom stereocenters. The predicted molar refractivity (Wildman–Crippen MR) is 78.3 cm³/mol. The Morgan fingerprint density at radius 2 is 2.05 bits per heavy atom. The second-order valence-electron chi connectivity index (χ2n) is 5.06. The molecule has 0 saturated carbocycles. The normalized spacial score (nSPS) is 15.4. The molecule has 1 heterocycles. The van der Waals surface area contributed by atoms with E-state index >= 15 is 0 Å². The molecule has 0 amide bonds. The number of alkyl halides is 3. The fourth-order valence-electron chi connectivity index (χ4n) is 2.08. The summed E-state index contributed by atoms with van der Waals surface area (Å²) in [4.78, 5) is 12.1. The van der Waals surface area contributed by atoms with Gasteiger partial charge in [0.05, 0.1) is 11.2 Å². The molecule has 22 heavy (non-hydrogen) atoms. The molecule has 0 bridgehead atoms. The van der Waals surface area contributed by atoms with Gasteiger partial charge in [0.1, 0.15) is 5.82 Å². The van der Waals surface area contributed by atoms with Gasteiger partial charge in [0.2, 0.25) is 0 Å². The molecular weight excluding hydrogens is 295 g/mol. The number of rotatable bonds is 4. The van der Waals surface area contributed by atoms with E-state index in [2.05, 4.69) is 15.0 Å². The van der Waals surface area contributed by atoms with Crippen LogP contribution in [-0.2, 0) is 0 Å². The summed E-state index contributed by atoms with van der Waals surface area (Å²) in [6.45, 7) is 3.29. The van der Waals surface area contributed by atoms with Crippen LogP contribution in [-0.4, -0.2) is 33.1 Å². The Balaban J connectivity index is 2.45. The van der Waals surface area contributed by atoms with Gasteiger partial charge in [0, 0.05) is 17.8 Å². The molecule has 1 N–H and O–H groups in total. The van der Waals surface area contributed by atoms with Crippen LogP contribution in [0.5, 0.6) is 0 Å². The van der Waals surface area contributed by atoms with Gasteiger partial charge in [-0.05, 0) is 25.5 Å². The van der Waals surface area contributed by atoms with E-state index in [9.17, 15) is 18.3 Å². The Morgan fingerprint density at radius 1 is 1.32 bits per heavy atom. The van der Waals surface area contributed by atoms with Crippen LogP contribution in [0.3, 0.4) is 0 Å². The smallest absolute Gasteiger partial charge is 0.376 e. The molecule has 0 fully saturated rings. The third-order valence-corrected chi connectivity index (χ3v) is 3.26. The maximum Gasteiger partial charge on any atom is 0.422 e. The molecule has 0 spiro atoms. The predicted octanol–water partition coefficient (Wildman–Crippen LogP) is 3.73. The van der Waals surface area contributed by atoms with E-state index in [1.165, 1.54) is 6.20 Å². The number of fused-ring (bicyclic) bond motifs is 1. The minimum atomic E-state index is -4.77. The third kappa shape index (κ3) is 3.24. The van der Waals surface area contributed by atoms with E-state index in [0.717, 1.165) is 0 Å². The molecule has 0 radical (unpaired) electrons. The van der Waals surface area contributed by atoms with Crippen molar-refractivity contribution in [3.63, 3.8) is 0 Å². The minimum Gasteiger partial charge on any atom is -0.376 e. The average Bonchev–Trinajstić information content (AvgIpc) is 2.43. The monoisotopic (exact) mass is 311 g/mol. The third-order valence-electron chi connectivity index (χ3n) is 3.26. The van der Waals surface area contributed by atoms with Crippen LogP contribution in [0, 0.1) is 6.92 Å². The highest BCUT2D eigenvalue weighted by atomic mass is 19.4. The average molecular weight is 311 g/mol. The van der Waals surface area contributed by atoms with Crippen LogP contribution in [0.1, 0.15) is 25.6 Å². The van der Waals surface area contributed by atoms with Gasteiger partial charge in [0.15, 0.2) is 5.60 Å². The number of aromatic nitrogens is 2. The summed E-state index contributed by atoms with van der Waals surface area (Å²) in [5.41, 5.74) is -2.06.